The maximum atomic E-state index is 5.76. The van der Waals surface area contributed by atoms with Crippen molar-refractivity contribution in [1.29, 1.82) is 0 Å². The van der Waals surface area contributed by atoms with Gasteiger partial charge in [-0.3, -0.25) is 10.3 Å². The number of rotatable bonds is 2. The van der Waals surface area contributed by atoms with Crippen LogP contribution < -0.4 is 10.1 Å². The first-order valence-corrected chi connectivity index (χ1v) is 7.33. The molecular weight excluding hydrogens is 248 g/mol. The van der Waals surface area contributed by atoms with Gasteiger partial charge in [-0.1, -0.05) is 24.3 Å². The Balaban J connectivity index is 1.59. The molecule has 1 aromatic heterocycles. The molecule has 0 saturated carbocycles. The predicted octanol–water partition coefficient (Wildman–Crippen LogP) is 3.18. The molecule has 1 aromatic carbocycles. The fourth-order valence-corrected chi connectivity index (χ4v) is 3.32. The minimum atomic E-state index is 0.282. The van der Waals surface area contributed by atoms with Crippen LogP contribution in [0.15, 0.2) is 42.6 Å². The highest BCUT2D eigenvalue weighted by atomic mass is 16.5. The Morgan fingerprint density at radius 3 is 3.05 bits per heavy atom. The lowest BCUT2D eigenvalue weighted by Crippen LogP contribution is -2.30. The molecule has 0 saturated heterocycles. The van der Waals surface area contributed by atoms with E-state index in [0.717, 1.165) is 25.2 Å². The molecule has 2 unspecified atom stereocenters. The van der Waals surface area contributed by atoms with Crippen LogP contribution >= 0.6 is 0 Å². The quantitative estimate of drug-likeness (QED) is 0.906. The van der Waals surface area contributed by atoms with Crippen LogP contribution in [0, 0.1) is 0 Å². The second-order valence-corrected chi connectivity index (χ2v) is 5.56. The molecule has 2 aliphatic rings. The molecule has 4 rings (SSSR count). The molecule has 1 N–H and O–H groups in total. The van der Waals surface area contributed by atoms with E-state index in [-0.39, 0.29) is 6.04 Å². The van der Waals surface area contributed by atoms with Crippen LogP contribution in [0.3, 0.4) is 0 Å². The summed E-state index contributed by atoms with van der Waals surface area (Å²) in [6, 6.07) is 13.2. The molecule has 0 amide bonds. The molecule has 20 heavy (non-hydrogen) atoms. The van der Waals surface area contributed by atoms with Crippen molar-refractivity contribution in [2.75, 3.05) is 6.61 Å². The summed E-state index contributed by atoms with van der Waals surface area (Å²) in [7, 11) is 0. The first kappa shape index (κ1) is 11.9. The van der Waals surface area contributed by atoms with Gasteiger partial charge in [0.05, 0.1) is 17.8 Å². The van der Waals surface area contributed by atoms with E-state index in [0.29, 0.717) is 6.04 Å². The van der Waals surface area contributed by atoms with Gasteiger partial charge < -0.3 is 4.74 Å². The maximum absolute atomic E-state index is 5.76. The second kappa shape index (κ2) is 4.91. The number of ether oxygens (including phenoxy) is 1. The van der Waals surface area contributed by atoms with E-state index in [9.17, 15) is 0 Å². The van der Waals surface area contributed by atoms with Crippen LogP contribution in [0.2, 0.25) is 0 Å². The van der Waals surface area contributed by atoms with Crippen LogP contribution in [0.1, 0.15) is 41.7 Å². The van der Waals surface area contributed by atoms with Crippen LogP contribution in [0.5, 0.6) is 5.75 Å². The zero-order chi connectivity index (χ0) is 13.4. The Labute approximate surface area is 119 Å². The standard InChI is InChI=1S/C17H18N2O/c1-2-9-16-13(7-1)15(11-20-16)19-14-8-3-5-12-6-4-10-18-17(12)14/h1-2,4,6-7,9-10,14-15,19H,3,5,8,11H2. The van der Waals surface area contributed by atoms with Crippen LogP contribution in [-0.4, -0.2) is 11.6 Å². The van der Waals surface area contributed by atoms with Gasteiger partial charge in [-0.2, -0.15) is 0 Å². The molecule has 3 nitrogen and oxygen atoms in total. The number of aryl methyl sites for hydroxylation is 1. The fraction of sp³-hybridized carbons (Fsp3) is 0.353. The molecule has 0 radical (unpaired) electrons. The highest BCUT2D eigenvalue weighted by Crippen LogP contribution is 2.35. The third-order valence-electron chi connectivity index (χ3n) is 4.30. The lowest BCUT2D eigenvalue weighted by Gasteiger charge is -2.27. The van der Waals surface area contributed by atoms with E-state index in [2.05, 4.69) is 28.5 Å². The summed E-state index contributed by atoms with van der Waals surface area (Å²) in [5.41, 5.74) is 3.89. The summed E-state index contributed by atoms with van der Waals surface area (Å²) in [5.74, 6) is 1.02. The zero-order valence-electron chi connectivity index (χ0n) is 11.4. The third kappa shape index (κ3) is 1.98. The van der Waals surface area contributed by atoms with Gasteiger partial charge in [-0.05, 0) is 37.0 Å². The largest absolute Gasteiger partial charge is 0.491 e. The van der Waals surface area contributed by atoms with Crippen molar-refractivity contribution in [3.63, 3.8) is 0 Å². The number of aromatic nitrogens is 1. The van der Waals surface area contributed by atoms with Gasteiger partial charge in [0.15, 0.2) is 0 Å². The van der Waals surface area contributed by atoms with Gasteiger partial charge >= 0.3 is 0 Å². The minimum absolute atomic E-state index is 0.282. The molecular formula is C17H18N2O. The van der Waals surface area contributed by atoms with Gasteiger partial charge in [0.25, 0.3) is 0 Å². The van der Waals surface area contributed by atoms with Crippen LogP contribution in [-0.2, 0) is 6.42 Å². The molecule has 2 aromatic rings. The van der Waals surface area contributed by atoms with Gasteiger partial charge in [0.1, 0.15) is 12.4 Å². The normalized spacial score (nSPS) is 23.8. The van der Waals surface area contributed by atoms with Crippen molar-refractivity contribution in [2.24, 2.45) is 0 Å². The van der Waals surface area contributed by atoms with E-state index in [1.54, 1.807) is 0 Å². The SMILES string of the molecule is c1cnc2c(c1)CCCC2NC1COc2ccccc21. The number of nitrogens with one attached hydrogen (secondary N) is 1. The van der Waals surface area contributed by atoms with E-state index in [4.69, 9.17) is 4.74 Å². The number of benzene rings is 1. The minimum Gasteiger partial charge on any atom is -0.491 e. The predicted molar refractivity (Wildman–Crippen MR) is 77.7 cm³/mol. The number of hydrogen-bond acceptors (Lipinski definition) is 3. The Morgan fingerprint density at radius 1 is 1.10 bits per heavy atom. The monoisotopic (exact) mass is 266 g/mol. The molecule has 2 atom stereocenters. The van der Waals surface area contributed by atoms with Gasteiger partial charge in [-0.15, -0.1) is 0 Å². The molecule has 102 valence electrons. The van der Waals surface area contributed by atoms with E-state index >= 15 is 0 Å². The summed E-state index contributed by atoms with van der Waals surface area (Å²) in [6.07, 6.45) is 5.44. The Hall–Kier alpha value is -1.87. The van der Waals surface area contributed by atoms with Crippen molar-refractivity contribution < 1.29 is 4.74 Å². The average Bonchev–Trinajstić information content (AvgIpc) is 2.91. The lowest BCUT2D eigenvalue weighted by atomic mass is 9.91. The van der Waals surface area contributed by atoms with E-state index in [1.807, 2.05) is 24.4 Å². The lowest BCUT2D eigenvalue weighted by molar-refractivity contribution is 0.288. The number of nitrogens with zero attached hydrogens (tertiary/aromatic N) is 1. The Bertz CT molecular complexity index is 626. The highest BCUT2D eigenvalue weighted by molar-refractivity contribution is 5.39. The average molecular weight is 266 g/mol. The first-order chi connectivity index (χ1) is 9.92. The molecule has 0 spiro atoms. The van der Waals surface area contributed by atoms with Gasteiger partial charge in [-0.25, -0.2) is 0 Å². The van der Waals surface area contributed by atoms with Gasteiger partial charge in [0.2, 0.25) is 0 Å². The topological polar surface area (TPSA) is 34.2 Å². The smallest absolute Gasteiger partial charge is 0.124 e. The number of hydrogen-bond donors (Lipinski definition) is 1. The van der Waals surface area contributed by atoms with E-state index in [1.165, 1.54) is 23.2 Å². The van der Waals surface area contributed by atoms with Crippen molar-refractivity contribution in [2.45, 2.75) is 31.3 Å². The van der Waals surface area contributed by atoms with Crippen LogP contribution in [0.25, 0.3) is 0 Å². The summed E-state index contributed by atoms with van der Waals surface area (Å²) < 4.78 is 5.76. The molecule has 2 heterocycles. The first-order valence-electron chi connectivity index (χ1n) is 7.33. The van der Waals surface area contributed by atoms with Crippen molar-refractivity contribution in [3.8, 4) is 5.75 Å². The third-order valence-corrected chi connectivity index (χ3v) is 4.30. The zero-order valence-corrected chi connectivity index (χ0v) is 11.4. The molecule has 1 aliphatic heterocycles. The number of para-hydroxylation sites is 1. The van der Waals surface area contributed by atoms with Crippen molar-refractivity contribution in [3.05, 3.63) is 59.4 Å². The summed E-state index contributed by atoms with van der Waals surface area (Å²) in [6.45, 7) is 0.720. The highest BCUT2D eigenvalue weighted by Gasteiger charge is 2.29. The maximum Gasteiger partial charge on any atom is 0.124 e. The number of fused-ring (bicyclic) bond motifs is 2. The summed E-state index contributed by atoms with van der Waals surface area (Å²) in [5, 5.41) is 3.74. The number of pyridine rings is 1. The summed E-state index contributed by atoms with van der Waals surface area (Å²) >= 11 is 0. The van der Waals surface area contributed by atoms with Crippen molar-refractivity contribution >= 4 is 0 Å². The second-order valence-electron chi connectivity index (χ2n) is 5.56. The van der Waals surface area contributed by atoms with E-state index < -0.39 is 0 Å². The molecule has 0 fully saturated rings. The van der Waals surface area contributed by atoms with Crippen LogP contribution in [0.4, 0.5) is 0 Å². The summed E-state index contributed by atoms with van der Waals surface area (Å²) in [4.78, 5) is 4.60. The molecule has 3 heteroatoms. The fourth-order valence-electron chi connectivity index (χ4n) is 3.32. The Morgan fingerprint density at radius 2 is 2.05 bits per heavy atom. The van der Waals surface area contributed by atoms with Gasteiger partial charge in [0, 0.05) is 11.8 Å². The molecule has 0 bridgehead atoms. The van der Waals surface area contributed by atoms with Crippen molar-refractivity contribution in [1.82, 2.24) is 10.3 Å². The molecule has 1 aliphatic carbocycles. The Kier molecular flexibility index (Phi) is 2.92.